The number of hydrogen-bond donors (Lipinski definition) is 1. The monoisotopic (exact) mass is 355 g/mol. The Morgan fingerprint density at radius 1 is 1.22 bits per heavy atom. The zero-order valence-corrected chi connectivity index (χ0v) is 15.2. The Kier molecular flexibility index (Phi) is 5.67. The molecule has 3 rings (SSSR count). The molecule has 2 aliphatic rings. The van der Waals surface area contributed by atoms with Crippen LogP contribution in [0, 0.1) is 5.92 Å². The van der Waals surface area contributed by atoms with Gasteiger partial charge in [-0.25, -0.2) is 8.42 Å². The van der Waals surface area contributed by atoms with Gasteiger partial charge in [-0.15, -0.1) is 0 Å². The van der Waals surface area contributed by atoms with Crippen LogP contribution in [0.15, 0.2) is 29.2 Å². The largest absolute Gasteiger partial charge is 0.363 e. The average Bonchev–Trinajstić information content (AvgIpc) is 3.06. The molecule has 3 unspecified atom stereocenters. The third-order valence-corrected chi connectivity index (χ3v) is 6.97. The summed E-state index contributed by atoms with van der Waals surface area (Å²) in [5.74, 6) is 3.20. The van der Waals surface area contributed by atoms with Crippen LogP contribution in [0.2, 0.25) is 0 Å². The van der Waals surface area contributed by atoms with Gasteiger partial charge in [0, 0.05) is 12.3 Å². The Hall–Kier alpha value is -0.560. The Labute approximate surface area is 143 Å². The molecule has 0 aromatic heterocycles. The van der Waals surface area contributed by atoms with Gasteiger partial charge in [-0.1, -0.05) is 12.1 Å². The fraction of sp³-hybridized carbons (Fsp3) is 0.647. The second-order valence-electron chi connectivity index (χ2n) is 6.54. The molecule has 1 aromatic rings. The van der Waals surface area contributed by atoms with Crippen molar-refractivity contribution in [3.05, 3.63) is 29.8 Å². The van der Waals surface area contributed by atoms with Gasteiger partial charge in [0.25, 0.3) is 0 Å². The number of hydrogen-bond acceptors (Lipinski definition) is 5. The van der Waals surface area contributed by atoms with Gasteiger partial charge in [0.05, 0.1) is 11.5 Å². The van der Waals surface area contributed by atoms with Crippen molar-refractivity contribution in [2.24, 2.45) is 5.92 Å². The Bertz CT molecular complexity index is 609. The second kappa shape index (κ2) is 7.55. The van der Waals surface area contributed by atoms with Crippen LogP contribution in [0.1, 0.15) is 37.3 Å². The first kappa shape index (κ1) is 17.3. The Morgan fingerprint density at radius 2 is 2.00 bits per heavy atom. The van der Waals surface area contributed by atoms with E-state index in [1.165, 1.54) is 24.2 Å². The lowest BCUT2D eigenvalue weighted by molar-refractivity contribution is -0.0142. The first-order chi connectivity index (χ1) is 11.0. The van der Waals surface area contributed by atoms with Crippen LogP contribution < -0.4 is 5.32 Å². The maximum atomic E-state index is 11.5. The van der Waals surface area contributed by atoms with Crippen LogP contribution >= 0.6 is 11.8 Å². The molecule has 0 saturated carbocycles. The van der Waals surface area contributed by atoms with E-state index in [0.29, 0.717) is 10.8 Å². The van der Waals surface area contributed by atoms with Crippen molar-refractivity contribution in [1.29, 1.82) is 0 Å². The lowest BCUT2D eigenvalue weighted by Gasteiger charge is -2.32. The van der Waals surface area contributed by atoms with Crippen LogP contribution in [0.3, 0.4) is 0 Å². The highest BCUT2D eigenvalue weighted by Crippen LogP contribution is 2.28. The normalized spacial score (nSPS) is 28.8. The SMILES string of the molecule is CS(=O)(=O)c1ccc(C2CCCC(OCC3CCSC3)N2)cc1. The minimum absolute atomic E-state index is 0.119. The number of nitrogens with one attached hydrogen (secondary N) is 1. The maximum Gasteiger partial charge on any atom is 0.175 e. The Balaban J connectivity index is 1.57. The van der Waals surface area contributed by atoms with Gasteiger partial charge >= 0.3 is 0 Å². The van der Waals surface area contributed by atoms with E-state index < -0.39 is 9.84 Å². The summed E-state index contributed by atoms with van der Waals surface area (Å²) >= 11 is 2.02. The molecule has 6 heteroatoms. The molecule has 0 spiro atoms. The predicted molar refractivity (Wildman–Crippen MR) is 94.5 cm³/mol. The molecular formula is C17H25NO3S2. The van der Waals surface area contributed by atoms with Crippen molar-refractivity contribution in [2.45, 2.75) is 42.8 Å². The van der Waals surface area contributed by atoms with E-state index in [1.54, 1.807) is 12.1 Å². The Morgan fingerprint density at radius 3 is 2.65 bits per heavy atom. The zero-order chi connectivity index (χ0) is 16.3. The van der Waals surface area contributed by atoms with Gasteiger partial charge < -0.3 is 4.74 Å². The summed E-state index contributed by atoms with van der Waals surface area (Å²) in [5.41, 5.74) is 1.14. The molecule has 0 aliphatic carbocycles. The van der Waals surface area contributed by atoms with Gasteiger partial charge in [0.2, 0.25) is 0 Å². The fourth-order valence-electron chi connectivity index (χ4n) is 3.21. The summed E-state index contributed by atoms with van der Waals surface area (Å²) in [4.78, 5) is 0.378. The first-order valence-corrected chi connectivity index (χ1v) is 11.3. The topological polar surface area (TPSA) is 55.4 Å². The van der Waals surface area contributed by atoms with Crippen LogP contribution in [-0.4, -0.2) is 39.0 Å². The van der Waals surface area contributed by atoms with Crippen LogP contribution in [0.5, 0.6) is 0 Å². The van der Waals surface area contributed by atoms with Crippen molar-refractivity contribution in [2.75, 3.05) is 24.4 Å². The van der Waals surface area contributed by atoms with E-state index in [-0.39, 0.29) is 12.3 Å². The number of benzene rings is 1. The van der Waals surface area contributed by atoms with Crippen molar-refractivity contribution >= 4 is 21.6 Å². The van der Waals surface area contributed by atoms with Crippen LogP contribution in [0.4, 0.5) is 0 Å². The van der Waals surface area contributed by atoms with E-state index in [4.69, 9.17) is 4.74 Å². The van der Waals surface area contributed by atoms with Crippen LogP contribution in [0.25, 0.3) is 0 Å². The smallest absolute Gasteiger partial charge is 0.175 e. The summed E-state index contributed by atoms with van der Waals surface area (Å²) in [6.45, 7) is 0.852. The summed E-state index contributed by atoms with van der Waals surface area (Å²) in [6, 6.07) is 7.49. The summed E-state index contributed by atoms with van der Waals surface area (Å²) in [7, 11) is -3.13. The number of ether oxygens (including phenoxy) is 1. The highest BCUT2D eigenvalue weighted by Gasteiger charge is 2.24. The minimum atomic E-state index is -3.13. The van der Waals surface area contributed by atoms with Gasteiger partial charge in [-0.3, -0.25) is 5.32 Å². The van der Waals surface area contributed by atoms with E-state index in [2.05, 4.69) is 5.32 Å². The fourth-order valence-corrected chi connectivity index (χ4v) is 5.10. The molecule has 2 heterocycles. The van der Waals surface area contributed by atoms with Gasteiger partial charge in [0.15, 0.2) is 9.84 Å². The molecule has 4 nitrogen and oxygen atoms in total. The maximum absolute atomic E-state index is 11.5. The average molecular weight is 356 g/mol. The molecule has 2 fully saturated rings. The highest BCUT2D eigenvalue weighted by molar-refractivity contribution is 7.99. The summed E-state index contributed by atoms with van der Waals surface area (Å²) < 4.78 is 29.2. The number of piperidine rings is 1. The molecule has 2 aliphatic heterocycles. The molecular weight excluding hydrogens is 330 g/mol. The molecule has 23 heavy (non-hydrogen) atoms. The van der Waals surface area contributed by atoms with Gasteiger partial charge in [0.1, 0.15) is 6.23 Å². The molecule has 2 saturated heterocycles. The highest BCUT2D eigenvalue weighted by atomic mass is 32.2. The van der Waals surface area contributed by atoms with Crippen molar-refractivity contribution in [3.8, 4) is 0 Å². The van der Waals surface area contributed by atoms with E-state index in [0.717, 1.165) is 31.4 Å². The standard InChI is InChI=1S/C17H25NO3S2/c1-23(19,20)15-7-5-14(6-8-15)16-3-2-4-17(18-16)21-11-13-9-10-22-12-13/h5-8,13,16-18H,2-4,9-12H2,1H3. The number of rotatable bonds is 5. The molecule has 0 radical (unpaired) electrons. The van der Waals surface area contributed by atoms with E-state index in [9.17, 15) is 8.42 Å². The molecule has 1 N–H and O–H groups in total. The third kappa shape index (κ3) is 4.72. The minimum Gasteiger partial charge on any atom is -0.363 e. The third-order valence-electron chi connectivity index (χ3n) is 4.61. The van der Waals surface area contributed by atoms with Gasteiger partial charge in [-0.05, 0) is 60.8 Å². The second-order valence-corrected chi connectivity index (χ2v) is 9.71. The quantitative estimate of drug-likeness (QED) is 0.880. The van der Waals surface area contributed by atoms with Crippen LogP contribution in [-0.2, 0) is 14.6 Å². The number of sulfone groups is 1. The van der Waals surface area contributed by atoms with Crippen molar-refractivity contribution in [3.63, 3.8) is 0 Å². The van der Waals surface area contributed by atoms with E-state index in [1.807, 2.05) is 23.9 Å². The van der Waals surface area contributed by atoms with E-state index >= 15 is 0 Å². The zero-order valence-electron chi connectivity index (χ0n) is 13.5. The number of thioether (sulfide) groups is 1. The van der Waals surface area contributed by atoms with Crippen molar-refractivity contribution < 1.29 is 13.2 Å². The van der Waals surface area contributed by atoms with Crippen molar-refractivity contribution in [1.82, 2.24) is 5.32 Å². The first-order valence-electron chi connectivity index (χ1n) is 8.28. The molecule has 0 bridgehead atoms. The summed E-state index contributed by atoms with van der Waals surface area (Å²) in [6.07, 6.45) is 5.89. The summed E-state index contributed by atoms with van der Waals surface area (Å²) in [5, 5.41) is 3.57. The lowest BCUT2D eigenvalue weighted by Crippen LogP contribution is -2.39. The molecule has 128 valence electrons. The molecule has 0 amide bonds. The predicted octanol–water partition coefficient (Wildman–Crippen LogP) is 3.00. The molecule has 3 atom stereocenters. The lowest BCUT2D eigenvalue weighted by atomic mass is 9.97. The van der Waals surface area contributed by atoms with Gasteiger partial charge in [-0.2, -0.15) is 11.8 Å². The molecule has 1 aromatic carbocycles.